The van der Waals surface area contributed by atoms with Gasteiger partial charge >= 0.3 is 11.9 Å². The van der Waals surface area contributed by atoms with Crippen molar-refractivity contribution in [3.63, 3.8) is 0 Å². The SMILES string of the molecule is CCOC(=O)c1sc(NC(=O)[C@@H]2CC(c3ccccc3Cl)=NO2)c(C(=O)OCC)c1C. The van der Waals surface area contributed by atoms with Crippen LogP contribution in [0.3, 0.4) is 0 Å². The van der Waals surface area contributed by atoms with Gasteiger partial charge in [-0.1, -0.05) is 35.0 Å². The van der Waals surface area contributed by atoms with Gasteiger partial charge in [-0.15, -0.1) is 11.3 Å². The second-order valence-electron chi connectivity index (χ2n) is 6.51. The van der Waals surface area contributed by atoms with E-state index >= 15 is 0 Å². The molecule has 10 heteroatoms. The number of nitrogens with zero attached hydrogens (tertiary/aromatic N) is 1. The Balaban J connectivity index is 1.81. The minimum absolute atomic E-state index is 0.119. The summed E-state index contributed by atoms with van der Waals surface area (Å²) in [4.78, 5) is 43.1. The monoisotopic (exact) mass is 464 g/mol. The fourth-order valence-corrected chi connectivity index (χ4v) is 4.34. The molecule has 0 fully saturated rings. The van der Waals surface area contributed by atoms with E-state index in [4.69, 9.17) is 25.9 Å². The number of ether oxygens (including phenoxy) is 2. The van der Waals surface area contributed by atoms with Crippen molar-refractivity contribution in [3.8, 4) is 0 Å². The molecule has 2 aromatic rings. The van der Waals surface area contributed by atoms with E-state index in [9.17, 15) is 14.4 Å². The molecule has 0 bridgehead atoms. The van der Waals surface area contributed by atoms with E-state index in [0.29, 0.717) is 21.9 Å². The number of carbonyl (C=O) groups is 3. The molecular formula is C21H21ClN2O6S. The third-order valence-electron chi connectivity index (χ3n) is 4.47. The van der Waals surface area contributed by atoms with Gasteiger partial charge in [0.05, 0.1) is 24.5 Å². The topological polar surface area (TPSA) is 103 Å². The van der Waals surface area contributed by atoms with Gasteiger partial charge in [-0.2, -0.15) is 0 Å². The summed E-state index contributed by atoms with van der Waals surface area (Å²) < 4.78 is 10.1. The van der Waals surface area contributed by atoms with Gasteiger partial charge in [0.25, 0.3) is 5.91 Å². The average molecular weight is 465 g/mol. The van der Waals surface area contributed by atoms with Crippen LogP contribution < -0.4 is 5.32 Å². The Hall–Kier alpha value is -2.91. The summed E-state index contributed by atoms with van der Waals surface area (Å²) in [5.74, 6) is -1.71. The molecule has 0 saturated carbocycles. The molecule has 1 N–H and O–H groups in total. The first-order valence-electron chi connectivity index (χ1n) is 9.63. The number of carbonyl (C=O) groups excluding carboxylic acids is 3. The predicted molar refractivity (Wildman–Crippen MR) is 117 cm³/mol. The zero-order chi connectivity index (χ0) is 22.5. The lowest BCUT2D eigenvalue weighted by molar-refractivity contribution is -0.125. The van der Waals surface area contributed by atoms with Gasteiger partial charge in [-0.05, 0) is 32.4 Å². The largest absolute Gasteiger partial charge is 0.462 e. The molecule has 31 heavy (non-hydrogen) atoms. The normalized spacial score (nSPS) is 15.1. The predicted octanol–water partition coefficient (Wildman–Crippen LogP) is 4.20. The lowest BCUT2D eigenvalue weighted by Crippen LogP contribution is -2.28. The zero-order valence-corrected chi connectivity index (χ0v) is 18.8. The lowest BCUT2D eigenvalue weighted by Gasteiger charge is -2.10. The highest BCUT2D eigenvalue weighted by Gasteiger charge is 2.33. The van der Waals surface area contributed by atoms with E-state index in [1.807, 2.05) is 6.07 Å². The number of hydrogen-bond acceptors (Lipinski definition) is 8. The summed E-state index contributed by atoms with van der Waals surface area (Å²) in [6.07, 6.45) is -0.700. The first-order chi connectivity index (χ1) is 14.9. The van der Waals surface area contributed by atoms with Crippen molar-refractivity contribution in [2.75, 3.05) is 18.5 Å². The number of amides is 1. The van der Waals surface area contributed by atoms with Gasteiger partial charge in [0.15, 0.2) is 0 Å². The molecule has 1 atom stereocenters. The first kappa shape index (κ1) is 22.8. The highest BCUT2D eigenvalue weighted by Crippen LogP contribution is 2.35. The fraction of sp³-hybridized carbons (Fsp3) is 0.333. The molecule has 0 spiro atoms. The number of benzene rings is 1. The minimum Gasteiger partial charge on any atom is -0.462 e. The van der Waals surface area contributed by atoms with Crippen LogP contribution in [0.1, 0.15) is 51.4 Å². The molecule has 1 aliphatic heterocycles. The maximum atomic E-state index is 12.8. The van der Waals surface area contributed by atoms with E-state index in [-0.39, 0.29) is 35.1 Å². The van der Waals surface area contributed by atoms with Crippen LogP contribution in [0.15, 0.2) is 29.4 Å². The molecule has 2 heterocycles. The Kier molecular flexibility index (Phi) is 7.29. The average Bonchev–Trinajstić information content (AvgIpc) is 3.34. The molecule has 0 saturated heterocycles. The summed E-state index contributed by atoms with van der Waals surface area (Å²) in [5.41, 5.74) is 1.74. The van der Waals surface area contributed by atoms with Crippen LogP contribution in [-0.2, 0) is 19.1 Å². The van der Waals surface area contributed by atoms with Gasteiger partial charge in [0, 0.05) is 17.0 Å². The van der Waals surface area contributed by atoms with Crippen LogP contribution in [0, 0.1) is 6.92 Å². The molecule has 164 valence electrons. The van der Waals surface area contributed by atoms with Crippen molar-refractivity contribution < 1.29 is 28.7 Å². The van der Waals surface area contributed by atoms with E-state index in [2.05, 4.69) is 10.5 Å². The van der Waals surface area contributed by atoms with Crippen LogP contribution in [0.2, 0.25) is 5.02 Å². The number of rotatable bonds is 7. The first-order valence-corrected chi connectivity index (χ1v) is 10.8. The quantitative estimate of drug-likeness (QED) is 0.616. The van der Waals surface area contributed by atoms with Crippen molar-refractivity contribution in [1.82, 2.24) is 0 Å². The Morgan fingerprint density at radius 1 is 1.19 bits per heavy atom. The fourth-order valence-electron chi connectivity index (χ4n) is 3.01. The molecule has 0 radical (unpaired) electrons. The third-order valence-corrected chi connectivity index (χ3v) is 5.99. The number of anilines is 1. The van der Waals surface area contributed by atoms with E-state index in [1.165, 1.54) is 0 Å². The van der Waals surface area contributed by atoms with E-state index < -0.39 is 23.9 Å². The van der Waals surface area contributed by atoms with Gasteiger partial charge < -0.3 is 19.6 Å². The number of thiophene rings is 1. The number of hydrogen-bond donors (Lipinski definition) is 1. The maximum Gasteiger partial charge on any atom is 0.348 e. The van der Waals surface area contributed by atoms with Gasteiger partial charge in [-0.25, -0.2) is 9.59 Å². The van der Waals surface area contributed by atoms with Crippen LogP contribution in [0.25, 0.3) is 0 Å². The van der Waals surface area contributed by atoms with Crippen LogP contribution >= 0.6 is 22.9 Å². The van der Waals surface area contributed by atoms with E-state index in [0.717, 1.165) is 11.3 Å². The van der Waals surface area contributed by atoms with Crippen molar-refractivity contribution in [2.45, 2.75) is 33.3 Å². The lowest BCUT2D eigenvalue weighted by atomic mass is 10.0. The van der Waals surface area contributed by atoms with Crippen molar-refractivity contribution in [2.24, 2.45) is 5.16 Å². The molecule has 8 nitrogen and oxygen atoms in total. The smallest absolute Gasteiger partial charge is 0.348 e. The van der Waals surface area contributed by atoms with Gasteiger partial charge in [-0.3, -0.25) is 4.79 Å². The number of esters is 2. The highest BCUT2D eigenvalue weighted by molar-refractivity contribution is 7.18. The summed E-state index contributed by atoms with van der Waals surface area (Å²) in [6, 6.07) is 7.12. The molecule has 1 aromatic carbocycles. The van der Waals surface area contributed by atoms with Crippen molar-refractivity contribution in [3.05, 3.63) is 50.9 Å². The van der Waals surface area contributed by atoms with Crippen molar-refractivity contribution >= 4 is 51.5 Å². The Labute approximate surface area is 188 Å². The molecule has 1 aliphatic rings. The molecule has 0 unspecified atom stereocenters. The van der Waals surface area contributed by atoms with Crippen LogP contribution in [0.5, 0.6) is 0 Å². The third kappa shape index (κ3) is 4.88. The Bertz CT molecular complexity index is 1050. The molecule has 1 amide bonds. The molecule has 0 aliphatic carbocycles. The Morgan fingerprint density at radius 3 is 2.55 bits per heavy atom. The number of oxime groups is 1. The van der Waals surface area contributed by atoms with Crippen molar-refractivity contribution in [1.29, 1.82) is 0 Å². The second-order valence-corrected chi connectivity index (χ2v) is 7.93. The van der Waals surface area contributed by atoms with Crippen LogP contribution in [0.4, 0.5) is 5.00 Å². The molecular weight excluding hydrogens is 444 g/mol. The maximum absolute atomic E-state index is 12.8. The number of nitrogens with one attached hydrogen (secondary N) is 1. The van der Waals surface area contributed by atoms with E-state index in [1.54, 1.807) is 39.0 Å². The highest BCUT2D eigenvalue weighted by atomic mass is 35.5. The number of halogens is 1. The Morgan fingerprint density at radius 2 is 1.87 bits per heavy atom. The zero-order valence-electron chi connectivity index (χ0n) is 17.2. The summed E-state index contributed by atoms with van der Waals surface area (Å²) in [6.45, 7) is 5.30. The second kappa shape index (κ2) is 9.93. The molecule has 3 rings (SSSR count). The van der Waals surface area contributed by atoms with Crippen LogP contribution in [-0.4, -0.2) is 42.9 Å². The summed E-state index contributed by atoms with van der Waals surface area (Å²) in [7, 11) is 0. The molecule has 1 aromatic heterocycles. The van der Waals surface area contributed by atoms with Gasteiger partial charge in [0.1, 0.15) is 9.88 Å². The summed E-state index contributed by atoms with van der Waals surface area (Å²) >= 11 is 7.15. The summed E-state index contributed by atoms with van der Waals surface area (Å²) in [5, 5.41) is 7.36. The van der Waals surface area contributed by atoms with Gasteiger partial charge in [0.2, 0.25) is 6.10 Å². The minimum atomic E-state index is -0.908. The standard InChI is InChI=1S/C21H21ClN2O6S/c1-4-28-20(26)16-11(3)17(21(27)29-5-2)31-19(16)23-18(25)15-10-14(24-30-15)12-8-6-7-9-13(12)22/h6-9,15H,4-5,10H2,1-3H3,(H,23,25)/t15-/m0/s1.